The highest BCUT2D eigenvalue weighted by atomic mass is 16.6. The fourth-order valence-corrected chi connectivity index (χ4v) is 4.74. The summed E-state index contributed by atoms with van der Waals surface area (Å²) < 4.78 is 4.92. The molecule has 0 aromatic carbocycles. The number of nitrogens with one attached hydrogen (secondary N) is 1. The lowest BCUT2D eigenvalue weighted by molar-refractivity contribution is -0.135. The van der Waals surface area contributed by atoms with Crippen molar-refractivity contribution in [3.8, 4) is 0 Å². The monoisotopic (exact) mass is 375 g/mol. The zero-order valence-electron chi connectivity index (χ0n) is 16.2. The van der Waals surface area contributed by atoms with Gasteiger partial charge >= 0.3 is 6.09 Å². The number of aromatic nitrogens is 2. The Morgan fingerprint density at radius 3 is 2.74 bits per heavy atom. The van der Waals surface area contributed by atoms with E-state index in [9.17, 15) is 9.59 Å². The Hall–Kier alpha value is -2.09. The number of cyclic esters (lactones) is 1. The van der Waals surface area contributed by atoms with Crippen LogP contribution in [0.1, 0.15) is 38.1 Å². The molecule has 1 aromatic heterocycles. The predicted molar refractivity (Wildman–Crippen MR) is 99.1 cm³/mol. The zero-order valence-corrected chi connectivity index (χ0v) is 16.2. The number of aromatic amines is 1. The number of ether oxygens (including phenoxy) is 1. The third kappa shape index (κ3) is 3.31. The highest BCUT2D eigenvalue weighted by Gasteiger charge is 2.47. The van der Waals surface area contributed by atoms with Crippen LogP contribution in [0.2, 0.25) is 0 Å². The summed E-state index contributed by atoms with van der Waals surface area (Å²) in [4.78, 5) is 38.2. The molecule has 3 aliphatic rings. The molecule has 0 radical (unpaired) electrons. The van der Waals surface area contributed by atoms with Gasteiger partial charge in [-0.05, 0) is 18.8 Å². The standard InChI is InChI=1S/C19H29N5O3/c1-14(2)11-24-6-3-15-17(21-13-20-15)19(24)4-7-22(8-5-19)16(25)12-23-9-10-27-18(23)26/h13-14H,3-12H2,1-2H3,(H,20,21). The molecule has 2 saturated heterocycles. The van der Waals surface area contributed by atoms with Crippen LogP contribution in [0.25, 0.3) is 0 Å². The van der Waals surface area contributed by atoms with Gasteiger partial charge in [0.15, 0.2) is 0 Å². The number of piperidine rings is 1. The minimum Gasteiger partial charge on any atom is -0.448 e. The Balaban J connectivity index is 1.47. The highest BCUT2D eigenvalue weighted by molar-refractivity contribution is 5.83. The molecule has 0 atom stereocenters. The molecule has 8 heteroatoms. The molecule has 3 aliphatic heterocycles. The smallest absolute Gasteiger partial charge is 0.410 e. The topological polar surface area (TPSA) is 81.8 Å². The van der Waals surface area contributed by atoms with E-state index in [4.69, 9.17) is 4.74 Å². The van der Waals surface area contributed by atoms with Gasteiger partial charge in [0.1, 0.15) is 13.2 Å². The van der Waals surface area contributed by atoms with Gasteiger partial charge in [0.2, 0.25) is 5.91 Å². The Morgan fingerprint density at radius 1 is 1.30 bits per heavy atom. The van der Waals surface area contributed by atoms with Crippen molar-refractivity contribution in [1.82, 2.24) is 24.7 Å². The van der Waals surface area contributed by atoms with Crippen LogP contribution >= 0.6 is 0 Å². The fourth-order valence-electron chi connectivity index (χ4n) is 4.74. The average molecular weight is 375 g/mol. The Bertz CT molecular complexity index is 708. The number of amides is 2. The summed E-state index contributed by atoms with van der Waals surface area (Å²) in [5.41, 5.74) is 2.33. The number of nitrogens with zero attached hydrogens (tertiary/aromatic N) is 4. The molecule has 0 unspecified atom stereocenters. The molecule has 27 heavy (non-hydrogen) atoms. The first-order valence-corrected chi connectivity index (χ1v) is 9.97. The van der Waals surface area contributed by atoms with Crippen LogP contribution in [0.3, 0.4) is 0 Å². The van der Waals surface area contributed by atoms with E-state index in [1.165, 1.54) is 16.3 Å². The lowest BCUT2D eigenvalue weighted by Gasteiger charge is -2.51. The van der Waals surface area contributed by atoms with Gasteiger partial charge in [-0.3, -0.25) is 14.6 Å². The predicted octanol–water partition coefficient (Wildman–Crippen LogP) is 1.19. The number of fused-ring (bicyclic) bond motifs is 2. The first kappa shape index (κ1) is 18.3. The summed E-state index contributed by atoms with van der Waals surface area (Å²) in [6, 6.07) is 0. The van der Waals surface area contributed by atoms with Crippen molar-refractivity contribution >= 4 is 12.0 Å². The van der Waals surface area contributed by atoms with Crippen LogP contribution in [0.4, 0.5) is 4.79 Å². The average Bonchev–Trinajstić information content (AvgIpc) is 3.28. The van der Waals surface area contributed by atoms with Crippen molar-refractivity contribution in [3.05, 3.63) is 17.7 Å². The summed E-state index contributed by atoms with van der Waals surface area (Å²) in [5, 5.41) is 0. The van der Waals surface area contributed by atoms with E-state index in [1.54, 1.807) is 0 Å². The van der Waals surface area contributed by atoms with Gasteiger partial charge in [0.25, 0.3) is 0 Å². The first-order valence-electron chi connectivity index (χ1n) is 9.97. The largest absolute Gasteiger partial charge is 0.448 e. The number of carbonyl (C=O) groups is 2. The number of likely N-dealkylation sites (tertiary alicyclic amines) is 1. The lowest BCUT2D eigenvalue weighted by atomic mass is 9.78. The van der Waals surface area contributed by atoms with Crippen molar-refractivity contribution in [2.24, 2.45) is 5.92 Å². The van der Waals surface area contributed by atoms with Gasteiger partial charge in [0, 0.05) is 38.3 Å². The van der Waals surface area contributed by atoms with E-state index in [2.05, 4.69) is 28.7 Å². The molecule has 1 N–H and O–H groups in total. The van der Waals surface area contributed by atoms with Crippen molar-refractivity contribution in [3.63, 3.8) is 0 Å². The highest BCUT2D eigenvalue weighted by Crippen LogP contribution is 2.42. The summed E-state index contributed by atoms with van der Waals surface area (Å²) in [5.74, 6) is 0.598. The molecule has 4 rings (SSSR count). The van der Waals surface area contributed by atoms with E-state index in [-0.39, 0.29) is 24.1 Å². The van der Waals surface area contributed by atoms with Gasteiger partial charge in [-0.25, -0.2) is 9.78 Å². The summed E-state index contributed by atoms with van der Waals surface area (Å²) in [6.45, 7) is 8.97. The summed E-state index contributed by atoms with van der Waals surface area (Å²) in [7, 11) is 0. The number of hydrogen-bond acceptors (Lipinski definition) is 5. The van der Waals surface area contributed by atoms with Crippen LogP contribution < -0.4 is 0 Å². The molecule has 0 bridgehead atoms. The van der Waals surface area contributed by atoms with Crippen molar-refractivity contribution < 1.29 is 14.3 Å². The van der Waals surface area contributed by atoms with Gasteiger partial charge in [0.05, 0.1) is 24.1 Å². The molecular weight excluding hydrogens is 346 g/mol. The van der Waals surface area contributed by atoms with Crippen LogP contribution in [0.15, 0.2) is 6.33 Å². The molecule has 1 aromatic rings. The molecule has 148 valence electrons. The van der Waals surface area contributed by atoms with Crippen molar-refractivity contribution in [2.75, 3.05) is 45.9 Å². The van der Waals surface area contributed by atoms with E-state index >= 15 is 0 Å². The van der Waals surface area contributed by atoms with Gasteiger partial charge < -0.3 is 14.6 Å². The first-order chi connectivity index (χ1) is 13.0. The number of rotatable bonds is 4. The Kier molecular flexibility index (Phi) is 4.84. The van der Waals surface area contributed by atoms with Gasteiger partial charge in [-0.2, -0.15) is 0 Å². The second-order valence-corrected chi connectivity index (χ2v) is 8.27. The normalized spacial score (nSPS) is 22.4. The van der Waals surface area contributed by atoms with Crippen molar-refractivity contribution in [1.29, 1.82) is 0 Å². The Morgan fingerprint density at radius 2 is 2.07 bits per heavy atom. The summed E-state index contributed by atoms with van der Waals surface area (Å²) in [6.07, 6.45) is 4.20. The lowest BCUT2D eigenvalue weighted by Crippen LogP contribution is -2.58. The second kappa shape index (κ2) is 7.14. The number of hydrogen-bond donors (Lipinski definition) is 1. The minimum atomic E-state index is -0.381. The maximum absolute atomic E-state index is 12.7. The Labute approximate surface area is 159 Å². The fraction of sp³-hybridized carbons (Fsp3) is 0.737. The number of carbonyl (C=O) groups excluding carboxylic acids is 2. The zero-order chi connectivity index (χ0) is 19.0. The van der Waals surface area contributed by atoms with E-state index in [1.807, 2.05) is 11.2 Å². The number of imidazole rings is 1. The molecule has 1 spiro atoms. The molecule has 2 fully saturated rings. The van der Waals surface area contributed by atoms with Crippen LogP contribution in [-0.4, -0.2) is 82.5 Å². The quantitative estimate of drug-likeness (QED) is 0.855. The molecule has 2 amide bonds. The molecule has 8 nitrogen and oxygen atoms in total. The van der Waals surface area contributed by atoms with Gasteiger partial charge in [-0.15, -0.1) is 0 Å². The molecule has 0 saturated carbocycles. The van der Waals surface area contributed by atoms with E-state index in [0.717, 1.165) is 32.4 Å². The van der Waals surface area contributed by atoms with Crippen LogP contribution in [0, 0.1) is 5.92 Å². The SMILES string of the molecule is CC(C)CN1CCc2[nH]cnc2C12CCN(C(=O)CN1CCOC1=O)CC2. The van der Waals surface area contributed by atoms with Crippen molar-refractivity contribution in [2.45, 2.75) is 38.6 Å². The number of H-pyrrole nitrogens is 1. The van der Waals surface area contributed by atoms with Crippen LogP contribution in [-0.2, 0) is 21.5 Å². The third-order valence-electron chi connectivity index (χ3n) is 6.10. The second-order valence-electron chi connectivity index (χ2n) is 8.27. The molecule has 0 aliphatic carbocycles. The molecule has 4 heterocycles. The minimum absolute atomic E-state index is 0.0113. The maximum atomic E-state index is 12.7. The maximum Gasteiger partial charge on any atom is 0.410 e. The molecular formula is C19H29N5O3. The summed E-state index contributed by atoms with van der Waals surface area (Å²) >= 11 is 0. The van der Waals surface area contributed by atoms with Crippen LogP contribution in [0.5, 0.6) is 0 Å². The van der Waals surface area contributed by atoms with E-state index < -0.39 is 0 Å². The van der Waals surface area contributed by atoms with E-state index in [0.29, 0.717) is 32.2 Å². The van der Waals surface area contributed by atoms with Gasteiger partial charge in [-0.1, -0.05) is 13.8 Å². The third-order valence-corrected chi connectivity index (χ3v) is 6.10.